The van der Waals surface area contributed by atoms with Crippen LogP contribution in [-0.2, 0) is 6.54 Å². The second-order valence-corrected chi connectivity index (χ2v) is 3.07. The molecule has 0 N–H and O–H groups in total. The summed E-state index contributed by atoms with van der Waals surface area (Å²) >= 11 is 5.75. The van der Waals surface area contributed by atoms with E-state index in [0.717, 1.165) is 5.69 Å². The van der Waals surface area contributed by atoms with E-state index >= 15 is 0 Å². The van der Waals surface area contributed by atoms with Gasteiger partial charge in [-0.3, -0.25) is 0 Å². The molecule has 0 atom stereocenters. The number of pyridine rings is 1. The number of aromatic nitrogens is 3. The fourth-order valence-corrected chi connectivity index (χ4v) is 1.29. The fraction of sp³-hybridized carbons (Fsp3) is 0.111. The Morgan fingerprint density at radius 3 is 3.00 bits per heavy atom. The summed E-state index contributed by atoms with van der Waals surface area (Å²) in [5, 5.41) is 0.526. The van der Waals surface area contributed by atoms with Crippen molar-refractivity contribution in [3.05, 3.63) is 47.8 Å². The van der Waals surface area contributed by atoms with Gasteiger partial charge in [0.15, 0.2) is 0 Å². The highest BCUT2D eigenvalue weighted by atomic mass is 35.5. The first kappa shape index (κ1) is 8.26. The van der Waals surface area contributed by atoms with Crippen LogP contribution >= 0.6 is 11.6 Å². The van der Waals surface area contributed by atoms with Crippen molar-refractivity contribution < 1.29 is 0 Å². The molecule has 0 fully saturated rings. The summed E-state index contributed by atoms with van der Waals surface area (Å²) < 4.78 is 1.94. The van der Waals surface area contributed by atoms with Gasteiger partial charge in [0.05, 0.1) is 18.6 Å². The summed E-state index contributed by atoms with van der Waals surface area (Å²) in [6, 6.07) is 5.59. The highest BCUT2D eigenvalue weighted by molar-refractivity contribution is 6.29. The lowest BCUT2D eigenvalue weighted by molar-refractivity contribution is 0.773. The fourth-order valence-electron chi connectivity index (χ4n) is 1.11. The predicted octanol–water partition coefficient (Wildman–Crippen LogP) is 1.98. The van der Waals surface area contributed by atoms with Crippen molar-refractivity contribution in [1.29, 1.82) is 0 Å². The largest absolute Gasteiger partial charge is 0.331 e. The van der Waals surface area contributed by atoms with E-state index in [-0.39, 0.29) is 0 Å². The lowest BCUT2D eigenvalue weighted by Gasteiger charge is -2.00. The van der Waals surface area contributed by atoms with Gasteiger partial charge in [0.25, 0.3) is 0 Å². The molecule has 2 heterocycles. The van der Waals surface area contributed by atoms with Crippen LogP contribution in [0.2, 0.25) is 5.15 Å². The molecule has 2 aromatic rings. The minimum absolute atomic E-state index is 0.526. The van der Waals surface area contributed by atoms with Gasteiger partial charge in [0.2, 0.25) is 0 Å². The van der Waals surface area contributed by atoms with Crippen LogP contribution < -0.4 is 0 Å². The maximum atomic E-state index is 5.75. The third-order valence-corrected chi connectivity index (χ3v) is 1.89. The Bertz CT molecular complexity index is 384. The highest BCUT2D eigenvalue weighted by Crippen LogP contribution is 2.06. The molecule has 2 rings (SSSR count). The van der Waals surface area contributed by atoms with Gasteiger partial charge in [-0.05, 0) is 12.1 Å². The normalized spacial score (nSPS) is 10.2. The van der Waals surface area contributed by atoms with Crippen molar-refractivity contribution >= 4 is 11.6 Å². The Morgan fingerprint density at radius 2 is 2.31 bits per heavy atom. The number of hydrogen-bond acceptors (Lipinski definition) is 2. The zero-order chi connectivity index (χ0) is 9.10. The van der Waals surface area contributed by atoms with Crippen molar-refractivity contribution in [2.75, 3.05) is 0 Å². The molecule has 13 heavy (non-hydrogen) atoms. The third-order valence-electron chi connectivity index (χ3n) is 1.68. The minimum Gasteiger partial charge on any atom is -0.331 e. The summed E-state index contributed by atoms with van der Waals surface area (Å²) in [5.74, 6) is 0. The quantitative estimate of drug-likeness (QED) is 0.683. The molecule has 0 aliphatic carbocycles. The molecule has 0 spiro atoms. The molecular formula is C9H8ClN3. The second kappa shape index (κ2) is 3.58. The molecule has 0 saturated heterocycles. The first-order valence-corrected chi connectivity index (χ1v) is 4.29. The van der Waals surface area contributed by atoms with Crippen molar-refractivity contribution in [2.24, 2.45) is 0 Å². The van der Waals surface area contributed by atoms with Crippen LogP contribution in [-0.4, -0.2) is 14.5 Å². The molecular weight excluding hydrogens is 186 g/mol. The van der Waals surface area contributed by atoms with Gasteiger partial charge < -0.3 is 4.57 Å². The van der Waals surface area contributed by atoms with Gasteiger partial charge in [0, 0.05) is 12.4 Å². The molecule has 3 nitrogen and oxygen atoms in total. The van der Waals surface area contributed by atoms with Gasteiger partial charge in [-0.2, -0.15) is 0 Å². The molecule has 2 aromatic heterocycles. The average Bonchev–Trinajstić information content (AvgIpc) is 2.57. The van der Waals surface area contributed by atoms with Crippen molar-refractivity contribution in [3.63, 3.8) is 0 Å². The maximum Gasteiger partial charge on any atom is 0.129 e. The predicted molar refractivity (Wildman–Crippen MR) is 50.6 cm³/mol. The zero-order valence-corrected chi connectivity index (χ0v) is 7.65. The van der Waals surface area contributed by atoms with E-state index in [4.69, 9.17) is 11.6 Å². The van der Waals surface area contributed by atoms with Crippen LogP contribution in [0.3, 0.4) is 0 Å². The SMILES string of the molecule is Clc1cccc(Cn2ccnc2)n1. The van der Waals surface area contributed by atoms with Crippen LogP contribution in [0.1, 0.15) is 5.69 Å². The summed E-state index contributed by atoms with van der Waals surface area (Å²) in [6.07, 6.45) is 5.38. The molecule has 0 aliphatic rings. The van der Waals surface area contributed by atoms with Crippen LogP contribution in [0.5, 0.6) is 0 Å². The summed E-state index contributed by atoms with van der Waals surface area (Å²) in [4.78, 5) is 8.11. The van der Waals surface area contributed by atoms with Crippen molar-refractivity contribution in [3.8, 4) is 0 Å². The number of hydrogen-bond donors (Lipinski definition) is 0. The Balaban J connectivity index is 2.19. The molecule has 66 valence electrons. The topological polar surface area (TPSA) is 30.7 Å². The Morgan fingerprint density at radius 1 is 1.38 bits per heavy atom. The number of halogens is 1. The van der Waals surface area contributed by atoms with E-state index in [0.29, 0.717) is 11.7 Å². The number of rotatable bonds is 2. The Kier molecular flexibility index (Phi) is 2.27. The molecule has 0 bridgehead atoms. The highest BCUT2D eigenvalue weighted by Gasteiger charge is 1.96. The van der Waals surface area contributed by atoms with E-state index in [9.17, 15) is 0 Å². The smallest absolute Gasteiger partial charge is 0.129 e. The van der Waals surface area contributed by atoms with Gasteiger partial charge in [-0.1, -0.05) is 17.7 Å². The van der Waals surface area contributed by atoms with Crippen LogP contribution in [0, 0.1) is 0 Å². The number of nitrogens with zero attached hydrogens (tertiary/aromatic N) is 3. The lowest BCUT2D eigenvalue weighted by Crippen LogP contribution is -1.98. The Hall–Kier alpha value is -1.35. The Labute approximate surface area is 81.0 Å². The molecule has 0 aliphatic heterocycles. The first-order valence-electron chi connectivity index (χ1n) is 3.92. The van der Waals surface area contributed by atoms with Gasteiger partial charge in [-0.15, -0.1) is 0 Å². The first-order chi connectivity index (χ1) is 6.34. The zero-order valence-electron chi connectivity index (χ0n) is 6.89. The van der Waals surface area contributed by atoms with Crippen LogP contribution in [0.4, 0.5) is 0 Å². The van der Waals surface area contributed by atoms with E-state index in [1.165, 1.54) is 0 Å². The van der Waals surface area contributed by atoms with Gasteiger partial charge in [0.1, 0.15) is 5.15 Å². The molecule has 0 unspecified atom stereocenters. The minimum atomic E-state index is 0.526. The second-order valence-electron chi connectivity index (χ2n) is 2.69. The molecule has 4 heteroatoms. The summed E-state index contributed by atoms with van der Waals surface area (Å²) in [6.45, 7) is 0.709. The van der Waals surface area contributed by atoms with E-state index < -0.39 is 0 Å². The monoisotopic (exact) mass is 193 g/mol. The van der Waals surface area contributed by atoms with Gasteiger partial charge >= 0.3 is 0 Å². The van der Waals surface area contributed by atoms with Crippen LogP contribution in [0.25, 0.3) is 0 Å². The average molecular weight is 194 g/mol. The summed E-state index contributed by atoms with van der Waals surface area (Å²) in [7, 11) is 0. The summed E-state index contributed by atoms with van der Waals surface area (Å²) in [5.41, 5.74) is 0.936. The number of imidazole rings is 1. The van der Waals surface area contributed by atoms with Crippen LogP contribution in [0.15, 0.2) is 36.9 Å². The molecule has 0 amide bonds. The van der Waals surface area contributed by atoms with Gasteiger partial charge in [-0.25, -0.2) is 9.97 Å². The van der Waals surface area contributed by atoms with Crippen molar-refractivity contribution in [1.82, 2.24) is 14.5 Å². The molecule has 0 saturated carbocycles. The van der Waals surface area contributed by atoms with E-state index in [2.05, 4.69) is 9.97 Å². The van der Waals surface area contributed by atoms with E-state index in [1.807, 2.05) is 22.9 Å². The standard InChI is InChI=1S/C9H8ClN3/c10-9-3-1-2-8(12-9)6-13-5-4-11-7-13/h1-5,7H,6H2. The third kappa shape index (κ3) is 2.06. The maximum absolute atomic E-state index is 5.75. The van der Waals surface area contributed by atoms with E-state index in [1.54, 1.807) is 18.6 Å². The van der Waals surface area contributed by atoms with Crippen molar-refractivity contribution in [2.45, 2.75) is 6.54 Å². The molecule has 0 aromatic carbocycles. The lowest BCUT2D eigenvalue weighted by atomic mass is 10.3. The molecule has 0 radical (unpaired) electrons.